The third kappa shape index (κ3) is 4.70. The molecule has 130 valence electrons. The molecule has 0 atom stereocenters. The Balaban J connectivity index is 1.65. The fourth-order valence-electron chi connectivity index (χ4n) is 2.45. The van der Waals surface area contributed by atoms with Gasteiger partial charge in [0.15, 0.2) is 0 Å². The van der Waals surface area contributed by atoms with Crippen molar-refractivity contribution in [2.75, 3.05) is 5.32 Å². The van der Waals surface area contributed by atoms with Crippen molar-refractivity contribution in [3.8, 4) is 5.75 Å². The van der Waals surface area contributed by atoms with Crippen LogP contribution in [0.25, 0.3) is 0 Å². The summed E-state index contributed by atoms with van der Waals surface area (Å²) in [6.45, 7) is 3.91. The quantitative estimate of drug-likeness (QED) is 0.661. The van der Waals surface area contributed by atoms with E-state index in [1.807, 2.05) is 48.5 Å². The molecule has 0 spiro atoms. The molecule has 0 aliphatic rings. The number of hydrogen-bond acceptors (Lipinski definition) is 5. The minimum atomic E-state index is 0.463. The van der Waals surface area contributed by atoms with Crippen molar-refractivity contribution in [1.82, 2.24) is 20.2 Å². The van der Waals surface area contributed by atoms with Gasteiger partial charge in [-0.1, -0.05) is 54.0 Å². The van der Waals surface area contributed by atoms with E-state index in [1.165, 1.54) is 0 Å². The van der Waals surface area contributed by atoms with Gasteiger partial charge in [0, 0.05) is 23.7 Å². The summed E-state index contributed by atoms with van der Waals surface area (Å²) < 4.78 is 7.73. The number of para-hydroxylation sites is 1. The number of anilines is 1. The molecule has 3 aromatic rings. The molecular formula is C18H20ClN5O. The van der Waals surface area contributed by atoms with Crippen LogP contribution < -0.4 is 10.1 Å². The fourth-order valence-corrected chi connectivity index (χ4v) is 2.66. The van der Waals surface area contributed by atoms with Crippen molar-refractivity contribution in [1.29, 1.82) is 0 Å². The lowest BCUT2D eigenvalue weighted by Gasteiger charge is -2.12. The van der Waals surface area contributed by atoms with E-state index >= 15 is 0 Å². The van der Waals surface area contributed by atoms with Crippen molar-refractivity contribution in [2.45, 2.75) is 33.0 Å². The largest absolute Gasteiger partial charge is 0.489 e. The molecule has 3 rings (SSSR count). The number of nitrogens with zero attached hydrogens (tertiary/aromatic N) is 4. The van der Waals surface area contributed by atoms with Gasteiger partial charge in [0.2, 0.25) is 5.95 Å². The van der Waals surface area contributed by atoms with E-state index in [0.29, 0.717) is 24.1 Å². The van der Waals surface area contributed by atoms with Gasteiger partial charge in [-0.25, -0.2) is 4.68 Å². The number of hydrogen-bond donors (Lipinski definition) is 1. The third-order valence-corrected chi connectivity index (χ3v) is 3.90. The second-order valence-corrected chi connectivity index (χ2v) is 6.04. The number of aromatic nitrogens is 4. The molecule has 25 heavy (non-hydrogen) atoms. The number of benzene rings is 2. The molecule has 1 N–H and O–H groups in total. The molecule has 0 saturated carbocycles. The normalized spacial score (nSPS) is 10.6. The first-order valence-corrected chi connectivity index (χ1v) is 8.59. The van der Waals surface area contributed by atoms with Crippen molar-refractivity contribution in [3.63, 3.8) is 0 Å². The van der Waals surface area contributed by atoms with Gasteiger partial charge < -0.3 is 10.1 Å². The molecule has 0 saturated heterocycles. The molecule has 6 nitrogen and oxygen atoms in total. The Labute approximate surface area is 151 Å². The third-order valence-electron chi connectivity index (χ3n) is 3.66. The maximum Gasteiger partial charge on any atom is 0.243 e. The topological polar surface area (TPSA) is 64.9 Å². The van der Waals surface area contributed by atoms with Crippen LogP contribution in [-0.4, -0.2) is 20.2 Å². The summed E-state index contributed by atoms with van der Waals surface area (Å²) in [5.74, 6) is 1.48. The highest BCUT2D eigenvalue weighted by molar-refractivity contribution is 6.30. The molecule has 1 heterocycles. The van der Waals surface area contributed by atoms with Gasteiger partial charge in [0.05, 0.1) is 0 Å². The summed E-state index contributed by atoms with van der Waals surface area (Å²) in [7, 11) is 0. The lowest BCUT2D eigenvalue weighted by Crippen LogP contribution is -2.09. The van der Waals surface area contributed by atoms with Crippen molar-refractivity contribution in [3.05, 3.63) is 64.7 Å². The van der Waals surface area contributed by atoms with Crippen LogP contribution in [0.1, 0.15) is 24.5 Å². The van der Waals surface area contributed by atoms with Gasteiger partial charge in [0.25, 0.3) is 0 Å². The van der Waals surface area contributed by atoms with Gasteiger partial charge in [-0.05, 0) is 40.6 Å². The van der Waals surface area contributed by atoms with E-state index in [0.717, 1.165) is 29.8 Å². The predicted molar refractivity (Wildman–Crippen MR) is 97.7 cm³/mol. The van der Waals surface area contributed by atoms with E-state index < -0.39 is 0 Å². The molecule has 7 heteroatoms. The number of rotatable bonds is 8. The lowest BCUT2D eigenvalue weighted by atomic mass is 10.2. The minimum absolute atomic E-state index is 0.463. The fraction of sp³-hybridized carbons (Fsp3) is 0.278. The summed E-state index contributed by atoms with van der Waals surface area (Å²) in [4.78, 5) is 0. The van der Waals surface area contributed by atoms with Crippen LogP contribution in [0.5, 0.6) is 5.75 Å². The molecule has 0 unspecified atom stereocenters. The average Bonchev–Trinajstić information content (AvgIpc) is 3.06. The first kappa shape index (κ1) is 17.2. The van der Waals surface area contributed by atoms with Crippen LogP contribution in [-0.2, 0) is 19.7 Å². The first-order valence-electron chi connectivity index (χ1n) is 8.21. The number of tetrazole rings is 1. The molecule has 0 aliphatic carbocycles. The minimum Gasteiger partial charge on any atom is -0.489 e. The molecule has 0 aliphatic heterocycles. The van der Waals surface area contributed by atoms with Crippen LogP contribution in [0.15, 0.2) is 48.5 Å². The second kappa shape index (κ2) is 8.48. The number of aryl methyl sites for hydroxylation is 1. The maximum atomic E-state index is 6.02. The van der Waals surface area contributed by atoms with Crippen LogP contribution >= 0.6 is 11.6 Å². The number of nitrogens with one attached hydrogen (secondary N) is 1. The Morgan fingerprint density at radius 2 is 2.04 bits per heavy atom. The Hall–Kier alpha value is -2.60. The Morgan fingerprint density at radius 3 is 2.88 bits per heavy atom. The van der Waals surface area contributed by atoms with E-state index in [2.05, 4.69) is 27.8 Å². The Morgan fingerprint density at radius 1 is 1.16 bits per heavy atom. The highest BCUT2D eigenvalue weighted by Gasteiger charge is 2.08. The van der Waals surface area contributed by atoms with E-state index in [9.17, 15) is 0 Å². The predicted octanol–water partition coefficient (Wildman–Crippen LogP) is 3.93. The zero-order valence-corrected chi connectivity index (χ0v) is 14.8. The van der Waals surface area contributed by atoms with E-state index in [1.54, 1.807) is 4.68 Å². The lowest BCUT2D eigenvalue weighted by molar-refractivity contribution is 0.303. The zero-order valence-electron chi connectivity index (χ0n) is 14.0. The maximum absolute atomic E-state index is 6.02. The van der Waals surface area contributed by atoms with Crippen LogP contribution in [0.4, 0.5) is 5.95 Å². The molecule has 2 aromatic carbocycles. The highest BCUT2D eigenvalue weighted by atomic mass is 35.5. The van der Waals surface area contributed by atoms with Gasteiger partial charge in [-0.15, -0.1) is 0 Å². The highest BCUT2D eigenvalue weighted by Crippen LogP contribution is 2.21. The SMILES string of the molecule is CCCn1nnnc1NCc1ccccc1OCc1cccc(Cl)c1. The average molecular weight is 358 g/mol. The summed E-state index contributed by atoms with van der Waals surface area (Å²) in [5, 5.41) is 15.7. The van der Waals surface area contributed by atoms with Gasteiger partial charge in [0.1, 0.15) is 12.4 Å². The van der Waals surface area contributed by atoms with Crippen LogP contribution in [0.3, 0.4) is 0 Å². The second-order valence-electron chi connectivity index (χ2n) is 5.61. The Kier molecular flexibility index (Phi) is 5.85. The molecule has 0 amide bonds. The number of halogens is 1. The van der Waals surface area contributed by atoms with Gasteiger partial charge >= 0.3 is 0 Å². The number of ether oxygens (including phenoxy) is 1. The van der Waals surface area contributed by atoms with Crippen molar-refractivity contribution < 1.29 is 4.74 Å². The van der Waals surface area contributed by atoms with Crippen LogP contribution in [0.2, 0.25) is 5.02 Å². The molecule has 1 aromatic heterocycles. The van der Waals surface area contributed by atoms with E-state index in [-0.39, 0.29) is 0 Å². The van der Waals surface area contributed by atoms with Gasteiger partial charge in [-0.2, -0.15) is 0 Å². The molecule has 0 fully saturated rings. The molecule has 0 bridgehead atoms. The Bertz CT molecular complexity index is 820. The first-order chi connectivity index (χ1) is 12.3. The summed E-state index contributed by atoms with van der Waals surface area (Å²) in [6, 6.07) is 15.6. The summed E-state index contributed by atoms with van der Waals surface area (Å²) in [6.07, 6.45) is 0.971. The molecular weight excluding hydrogens is 338 g/mol. The monoisotopic (exact) mass is 357 g/mol. The van der Waals surface area contributed by atoms with Crippen molar-refractivity contribution in [2.24, 2.45) is 0 Å². The van der Waals surface area contributed by atoms with Gasteiger partial charge in [-0.3, -0.25) is 0 Å². The molecule has 0 radical (unpaired) electrons. The van der Waals surface area contributed by atoms with E-state index in [4.69, 9.17) is 16.3 Å². The summed E-state index contributed by atoms with van der Waals surface area (Å²) >= 11 is 6.02. The summed E-state index contributed by atoms with van der Waals surface area (Å²) in [5.41, 5.74) is 2.07. The van der Waals surface area contributed by atoms with Crippen LogP contribution in [0, 0.1) is 0 Å². The smallest absolute Gasteiger partial charge is 0.243 e. The van der Waals surface area contributed by atoms with Crippen molar-refractivity contribution >= 4 is 17.5 Å². The standard InChI is InChI=1S/C18H20ClN5O/c1-2-10-24-18(21-22-23-24)20-12-15-7-3-4-9-17(15)25-13-14-6-5-8-16(19)11-14/h3-9,11H,2,10,12-13H2,1H3,(H,20,21,23). The zero-order chi connectivity index (χ0) is 17.5.